The molecule has 5 heteroatoms. The first-order chi connectivity index (χ1) is 6.54. The third-order valence-electron chi connectivity index (χ3n) is 3.61. The molecule has 0 heterocycles. The first-order valence-corrected chi connectivity index (χ1v) is 5.35. The molecule has 90 valence electrons. The van der Waals surface area contributed by atoms with Gasteiger partial charge in [0.2, 0.25) is 0 Å². The van der Waals surface area contributed by atoms with Crippen LogP contribution in [-0.2, 0) is 0 Å². The van der Waals surface area contributed by atoms with Crippen LogP contribution in [-0.4, -0.2) is 18.8 Å². The van der Waals surface area contributed by atoms with Crippen molar-refractivity contribution in [3.8, 4) is 0 Å². The van der Waals surface area contributed by atoms with Gasteiger partial charge in [-0.05, 0) is 31.1 Å². The number of fused-ring (bicyclic) bond motifs is 3. The first kappa shape index (κ1) is 13.1. The van der Waals surface area contributed by atoms with Gasteiger partial charge in [-0.2, -0.15) is 13.2 Å². The Morgan fingerprint density at radius 1 is 1.07 bits per heavy atom. The van der Waals surface area contributed by atoms with E-state index < -0.39 is 12.7 Å². The van der Waals surface area contributed by atoms with Gasteiger partial charge in [-0.25, -0.2) is 0 Å². The average molecular weight is 244 g/mol. The van der Waals surface area contributed by atoms with Gasteiger partial charge in [-0.1, -0.05) is 12.8 Å². The Bertz CT molecular complexity index is 199. The molecule has 0 spiro atoms. The van der Waals surface area contributed by atoms with Crippen LogP contribution in [0.25, 0.3) is 0 Å². The van der Waals surface area contributed by atoms with E-state index >= 15 is 0 Å². The molecule has 0 saturated heterocycles. The highest BCUT2D eigenvalue weighted by Crippen LogP contribution is 2.41. The van der Waals surface area contributed by atoms with E-state index in [-0.39, 0.29) is 18.4 Å². The van der Waals surface area contributed by atoms with E-state index in [0.717, 1.165) is 19.3 Å². The maximum Gasteiger partial charge on any atom is 0.401 e. The Labute approximate surface area is 94.2 Å². The number of halogens is 4. The molecule has 1 N–H and O–H groups in total. The molecule has 0 amide bonds. The van der Waals surface area contributed by atoms with Gasteiger partial charge < -0.3 is 5.32 Å². The predicted octanol–water partition coefficient (Wildman–Crippen LogP) is 3.14. The second kappa shape index (κ2) is 4.91. The van der Waals surface area contributed by atoms with Crippen molar-refractivity contribution in [3.05, 3.63) is 0 Å². The van der Waals surface area contributed by atoms with Crippen molar-refractivity contribution in [3.63, 3.8) is 0 Å². The van der Waals surface area contributed by atoms with Gasteiger partial charge in [0.05, 0.1) is 6.54 Å². The zero-order chi connectivity index (χ0) is 10.2. The van der Waals surface area contributed by atoms with E-state index in [9.17, 15) is 13.2 Å². The van der Waals surface area contributed by atoms with Crippen molar-refractivity contribution in [2.75, 3.05) is 6.54 Å². The van der Waals surface area contributed by atoms with Crippen molar-refractivity contribution in [1.82, 2.24) is 5.32 Å². The number of rotatable bonds is 2. The normalized spacial score (nSPS) is 35.0. The second-order valence-electron chi connectivity index (χ2n) is 4.62. The largest absolute Gasteiger partial charge is 0.401 e. The van der Waals surface area contributed by atoms with Crippen LogP contribution < -0.4 is 5.32 Å². The van der Waals surface area contributed by atoms with Crippen molar-refractivity contribution in [2.24, 2.45) is 11.8 Å². The molecule has 2 bridgehead atoms. The van der Waals surface area contributed by atoms with E-state index in [4.69, 9.17) is 0 Å². The van der Waals surface area contributed by atoms with Crippen LogP contribution in [0.1, 0.15) is 32.1 Å². The summed E-state index contributed by atoms with van der Waals surface area (Å²) in [5, 5.41) is 2.67. The monoisotopic (exact) mass is 243 g/mol. The molecule has 0 aromatic carbocycles. The molecule has 0 aromatic heterocycles. The molecule has 1 atom stereocenters. The molecule has 0 radical (unpaired) electrons. The van der Waals surface area contributed by atoms with Crippen LogP contribution in [0.15, 0.2) is 0 Å². The SMILES string of the molecule is Cl.FC(F)(F)CNC1CC2CCC1CC2. The lowest BCUT2D eigenvalue weighted by molar-refractivity contribution is -0.128. The molecule has 1 unspecified atom stereocenters. The summed E-state index contributed by atoms with van der Waals surface area (Å²) >= 11 is 0. The smallest absolute Gasteiger partial charge is 0.306 e. The zero-order valence-electron chi connectivity index (χ0n) is 8.52. The minimum atomic E-state index is -4.06. The highest BCUT2D eigenvalue weighted by Gasteiger charge is 2.37. The van der Waals surface area contributed by atoms with Crippen LogP contribution in [0.4, 0.5) is 13.2 Å². The number of alkyl halides is 3. The average Bonchev–Trinajstić information content (AvgIpc) is 2.16. The fourth-order valence-electron chi connectivity index (χ4n) is 2.87. The summed E-state index contributed by atoms with van der Waals surface area (Å²) in [4.78, 5) is 0. The standard InChI is InChI=1S/C10H16F3N.ClH/c11-10(12,13)6-14-9-5-7-1-3-8(9)4-2-7;/h7-9,14H,1-6H2;1H. The van der Waals surface area contributed by atoms with Gasteiger partial charge in [0.1, 0.15) is 0 Å². The van der Waals surface area contributed by atoms with Crippen LogP contribution in [0.2, 0.25) is 0 Å². The third kappa shape index (κ3) is 3.52. The van der Waals surface area contributed by atoms with E-state index in [2.05, 4.69) is 5.32 Å². The molecule has 0 aromatic rings. The summed E-state index contributed by atoms with van der Waals surface area (Å²) in [7, 11) is 0. The summed E-state index contributed by atoms with van der Waals surface area (Å²) in [6, 6.07) is 0.129. The molecular weight excluding hydrogens is 227 g/mol. The first-order valence-electron chi connectivity index (χ1n) is 5.35. The van der Waals surface area contributed by atoms with Crippen LogP contribution in [0.3, 0.4) is 0 Å². The Balaban J connectivity index is 0.00000112. The predicted molar refractivity (Wildman–Crippen MR) is 55.2 cm³/mol. The maximum absolute atomic E-state index is 12.0. The Hall–Kier alpha value is 0.0400. The van der Waals surface area contributed by atoms with Crippen molar-refractivity contribution >= 4 is 12.4 Å². The number of hydrogen-bond donors (Lipinski definition) is 1. The molecule has 3 rings (SSSR count). The summed E-state index contributed by atoms with van der Waals surface area (Å²) < 4.78 is 36.0. The molecule has 3 aliphatic rings. The van der Waals surface area contributed by atoms with E-state index in [0.29, 0.717) is 11.8 Å². The topological polar surface area (TPSA) is 12.0 Å². The Morgan fingerprint density at radius 2 is 1.67 bits per heavy atom. The summed E-state index contributed by atoms with van der Waals surface area (Å²) in [6.07, 6.45) is 1.61. The van der Waals surface area contributed by atoms with Crippen LogP contribution in [0.5, 0.6) is 0 Å². The highest BCUT2D eigenvalue weighted by atomic mass is 35.5. The lowest BCUT2D eigenvalue weighted by Crippen LogP contribution is -2.47. The lowest BCUT2D eigenvalue weighted by atomic mass is 9.68. The molecule has 3 aliphatic carbocycles. The maximum atomic E-state index is 12.0. The highest BCUT2D eigenvalue weighted by molar-refractivity contribution is 5.85. The van der Waals surface area contributed by atoms with E-state index in [1.165, 1.54) is 12.8 Å². The Morgan fingerprint density at radius 3 is 2.07 bits per heavy atom. The van der Waals surface area contributed by atoms with Crippen LogP contribution in [0, 0.1) is 11.8 Å². The number of nitrogens with one attached hydrogen (secondary N) is 1. The third-order valence-corrected chi connectivity index (χ3v) is 3.61. The summed E-state index contributed by atoms with van der Waals surface area (Å²) in [6.45, 7) is -0.819. The number of hydrogen-bond acceptors (Lipinski definition) is 1. The second-order valence-corrected chi connectivity index (χ2v) is 4.62. The van der Waals surface area contributed by atoms with Gasteiger partial charge >= 0.3 is 6.18 Å². The molecule has 15 heavy (non-hydrogen) atoms. The minimum absolute atomic E-state index is 0. The fourth-order valence-corrected chi connectivity index (χ4v) is 2.87. The van der Waals surface area contributed by atoms with Gasteiger partial charge in [-0.15, -0.1) is 12.4 Å². The molecule has 1 nitrogen and oxygen atoms in total. The zero-order valence-corrected chi connectivity index (χ0v) is 9.33. The van der Waals surface area contributed by atoms with Crippen molar-refractivity contribution < 1.29 is 13.2 Å². The van der Waals surface area contributed by atoms with Gasteiger partial charge in [0.25, 0.3) is 0 Å². The molecule has 0 aliphatic heterocycles. The minimum Gasteiger partial charge on any atom is -0.306 e. The fraction of sp³-hybridized carbons (Fsp3) is 1.00. The summed E-state index contributed by atoms with van der Waals surface area (Å²) in [5.74, 6) is 1.19. The van der Waals surface area contributed by atoms with E-state index in [1.54, 1.807) is 0 Å². The van der Waals surface area contributed by atoms with Gasteiger partial charge in [0, 0.05) is 6.04 Å². The van der Waals surface area contributed by atoms with E-state index in [1.807, 2.05) is 0 Å². The lowest BCUT2D eigenvalue weighted by Gasteiger charge is -2.42. The van der Waals surface area contributed by atoms with Crippen molar-refractivity contribution in [2.45, 2.75) is 44.3 Å². The van der Waals surface area contributed by atoms with Gasteiger partial charge in [-0.3, -0.25) is 0 Å². The molecule has 3 fully saturated rings. The van der Waals surface area contributed by atoms with Crippen LogP contribution >= 0.6 is 12.4 Å². The van der Waals surface area contributed by atoms with Crippen molar-refractivity contribution in [1.29, 1.82) is 0 Å². The summed E-state index contributed by atoms with van der Waals surface area (Å²) in [5.41, 5.74) is 0. The molecular formula is C10H17ClF3N. The quantitative estimate of drug-likeness (QED) is 0.786. The van der Waals surface area contributed by atoms with Gasteiger partial charge in [0.15, 0.2) is 0 Å². The molecule has 3 saturated carbocycles. The Kier molecular flexibility index (Phi) is 4.29.